The lowest BCUT2D eigenvalue weighted by Gasteiger charge is -1.95. The summed E-state index contributed by atoms with van der Waals surface area (Å²) in [6.07, 6.45) is 0. The lowest BCUT2D eigenvalue weighted by Crippen LogP contribution is -2.04. The minimum absolute atomic E-state index is 0.0666. The summed E-state index contributed by atoms with van der Waals surface area (Å²) in [6, 6.07) is 5.99. The van der Waals surface area contributed by atoms with Gasteiger partial charge in [0.1, 0.15) is 0 Å². The number of hydrogen-bond acceptors (Lipinski definition) is 4. The summed E-state index contributed by atoms with van der Waals surface area (Å²) in [7, 11) is -4.02. The molecule has 0 atom stereocenters. The Morgan fingerprint density at radius 2 is 1.94 bits per heavy atom. The minimum atomic E-state index is -4.02. The highest BCUT2D eigenvalue weighted by Crippen LogP contribution is 2.08. The van der Waals surface area contributed by atoms with Crippen LogP contribution in [-0.4, -0.2) is 31.1 Å². The lowest BCUT2D eigenvalue weighted by molar-refractivity contribution is 0.483. The van der Waals surface area contributed by atoms with Crippen molar-refractivity contribution < 1.29 is 13.0 Å². The molecule has 1 heterocycles. The fourth-order valence-corrected chi connectivity index (χ4v) is 2.27. The summed E-state index contributed by atoms with van der Waals surface area (Å²) < 4.78 is 29.6. The first-order valence-corrected chi connectivity index (χ1v) is 7.42. The van der Waals surface area contributed by atoms with Crippen LogP contribution >= 0.6 is 11.8 Å². The van der Waals surface area contributed by atoms with Gasteiger partial charge in [-0.1, -0.05) is 17.7 Å². The molecular formula is C10H15NO3S2. The quantitative estimate of drug-likeness (QED) is 0.750. The van der Waals surface area contributed by atoms with E-state index in [9.17, 15) is 8.42 Å². The molecule has 0 aromatic heterocycles. The van der Waals surface area contributed by atoms with Crippen molar-refractivity contribution in [1.82, 2.24) is 5.32 Å². The molecule has 1 saturated heterocycles. The molecule has 2 rings (SSSR count). The van der Waals surface area contributed by atoms with Gasteiger partial charge >= 0.3 is 0 Å². The highest BCUT2D eigenvalue weighted by atomic mass is 32.2. The fourth-order valence-electron chi connectivity index (χ4n) is 1.07. The van der Waals surface area contributed by atoms with E-state index in [0.717, 1.165) is 5.56 Å². The Kier molecular flexibility index (Phi) is 5.27. The Labute approximate surface area is 100 Å². The molecule has 1 aromatic carbocycles. The Morgan fingerprint density at radius 1 is 1.31 bits per heavy atom. The van der Waals surface area contributed by atoms with Crippen LogP contribution in [-0.2, 0) is 10.1 Å². The summed E-state index contributed by atoms with van der Waals surface area (Å²) in [5.74, 6) is 2.47. The van der Waals surface area contributed by atoms with Crippen LogP contribution in [0.2, 0.25) is 0 Å². The highest BCUT2D eigenvalue weighted by Gasteiger charge is 2.06. The van der Waals surface area contributed by atoms with Gasteiger partial charge in [-0.3, -0.25) is 4.55 Å². The smallest absolute Gasteiger partial charge is 0.294 e. The first-order chi connectivity index (χ1) is 7.50. The number of benzene rings is 1. The van der Waals surface area contributed by atoms with Crippen LogP contribution in [0, 0.1) is 6.92 Å². The average Bonchev–Trinajstić information content (AvgIpc) is 2.74. The van der Waals surface area contributed by atoms with E-state index < -0.39 is 10.1 Å². The topological polar surface area (TPSA) is 66.4 Å². The van der Waals surface area contributed by atoms with Crippen molar-refractivity contribution in [2.45, 2.75) is 11.8 Å². The van der Waals surface area contributed by atoms with Crippen LogP contribution in [0.15, 0.2) is 29.2 Å². The van der Waals surface area contributed by atoms with Gasteiger partial charge in [0.25, 0.3) is 10.1 Å². The van der Waals surface area contributed by atoms with Crippen LogP contribution in [0.5, 0.6) is 0 Å². The molecule has 0 radical (unpaired) electrons. The van der Waals surface area contributed by atoms with Crippen molar-refractivity contribution in [1.29, 1.82) is 0 Å². The lowest BCUT2D eigenvalue weighted by atomic mass is 10.2. The molecule has 1 fully saturated rings. The third-order valence-corrected chi connectivity index (χ3v) is 3.72. The van der Waals surface area contributed by atoms with Crippen LogP contribution in [0.1, 0.15) is 5.56 Å². The summed E-state index contributed by atoms with van der Waals surface area (Å²) in [5, 5.41) is 3.19. The monoisotopic (exact) mass is 261 g/mol. The van der Waals surface area contributed by atoms with Crippen molar-refractivity contribution in [3.63, 3.8) is 0 Å². The summed E-state index contributed by atoms with van der Waals surface area (Å²) in [5.41, 5.74) is 0.956. The first-order valence-electron chi connectivity index (χ1n) is 4.83. The third-order valence-electron chi connectivity index (χ3n) is 1.95. The van der Waals surface area contributed by atoms with E-state index in [1.54, 1.807) is 12.1 Å². The van der Waals surface area contributed by atoms with E-state index in [2.05, 4.69) is 5.32 Å². The maximum Gasteiger partial charge on any atom is 0.294 e. The van der Waals surface area contributed by atoms with E-state index in [0.29, 0.717) is 0 Å². The molecule has 16 heavy (non-hydrogen) atoms. The van der Waals surface area contributed by atoms with Gasteiger partial charge in [0.2, 0.25) is 0 Å². The molecule has 90 valence electrons. The molecule has 0 saturated carbocycles. The van der Waals surface area contributed by atoms with Gasteiger partial charge in [0.05, 0.1) is 4.90 Å². The number of hydrogen-bond donors (Lipinski definition) is 2. The predicted molar refractivity (Wildman–Crippen MR) is 66.3 cm³/mol. The van der Waals surface area contributed by atoms with E-state index in [1.807, 2.05) is 18.7 Å². The third kappa shape index (κ3) is 4.98. The second-order valence-corrected chi connectivity index (χ2v) is 5.87. The first kappa shape index (κ1) is 13.5. The van der Waals surface area contributed by atoms with Crippen LogP contribution in [0.4, 0.5) is 0 Å². The van der Waals surface area contributed by atoms with Crippen LogP contribution in [0.25, 0.3) is 0 Å². The van der Waals surface area contributed by atoms with Crippen molar-refractivity contribution in [3.8, 4) is 0 Å². The average molecular weight is 261 g/mol. The van der Waals surface area contributed by atoms with Crippen molar-refractivity contribution in [3.05, 3.63) is 29.8 Å². The fraction of sp³-hybridized carbons (Fsp3) is 0.400. The molecule has 6 heteroatoms. The second kappa shape index (κ2) is 6.24. The molecule has 1 aromatic rings. The summed E-state index contributed by atoms with van der Waals surface area (Å²) in [6.45, 7) is 3.05. The van der Waals surface area contributed by atoms with E-state index in [-0.39, 0.29) is 4.90 Å². The van der Waals surface area contributed by atoms with Gasteiger partial charge in [-0.15, -0.1) is 11.8 Å². The number of rotatable bonds is 1. The van der Waals surface area contributed by atoms with Crippen molar-refractivity contribution in [2.24, 2.45) is 0 Å². The Hall–Kier alpha value is -0.560. The van der Waals surface area contributed by atoms with Gasteiger partial charge in [0.15, 0.2) is 0 Å². The van der Waals surface area contributed by atoms with Crippen molar-refractivity contribution >= 4 is 21.9 Å². The van der Waals surface area contributed by atoms with Gasteiger partial charge in [-0.05, 0) is 19.1 Å². The molecule has 1 aliphatic rings. The number of aryl methyl sites for hydroxylation is 1. The zero-order valence-electron chi connectivity index (χ0n) is 9.01. The van der Waals surface area contributed by atoms with Gasteiger partial charge in [0, 0.05) is 18.2 Å². The molecule has 0 spiro atoms. The Balaban J connectivity index is 0.000000212. The van der Waals surface area contributed by atoms with Gasteiger partial charge in [-0.25, -0.2) is 0 Å². The standard InChI is InChI=1S/C7H8O3S.C3H7NS/c1-6-2-4-7(5-3-6)11(8,9)10;1-2-5-3-4-1/h2-5H,1H3,(H,8,9,10);4H,1-3H2. The van der Waals surface area contributed by atoms with Gasteiger partial charge in [-0.2, -0.15) is 8.42 Å². The largest absolute Gasteiger partial charge is 0.307 e. The molecule has 2 N–H and O–H groups in total. The van der Waals surface area contributed by atoms with E-state index in [1.165, 1.54) is 30.3 Å². The zero-order valence-corrected chi connectivity index (χ0v) is 10.6. The SMILES string of the molecule is C1CSCN1.Cc1ccc(S(=O)(=O)O)cc1. The normalized spacial score (nSPS) is 15.4. The maximum absolute atomic E-state index is 10.5. The highest BCUT2D eigenvalue weighted by molar-refractivity contribution is 7.99. The minimum Gasteiger partial charge on any atom is -0.307 e. The van der Waals surface area contributed by atoms with Crippen molar-refractivity contribution in [2.75, 3.05) is 18.2 Å². The molecule has 0 aliphatic carbocycles. The van der Waals surface area contributed by atoms with Gasteiger partial charge < -0.3 is 5.32 Å². The molecule has 0 amide bonds. The van der Waals surface area contributed by atoms with E-state index in [4.69, 9.17) is 4.55 Å². The Bertz CT molecular complexity index is 403. The van der Waals surface area contributed by atoms with E-state index >= 15 is 0 Å². The summed E-state index contributed by atoms with van der Waals surface area (Å²) >= 11 is 1.96. The molecule has 1 aliphatic heterocycles. The molecule has 0 bridgehead atoms. The molecule has 0 unspecified atom stereocenters. The number of thioether (sulfide) groups is 1. The summed E-state index contributed by atoms with van der Waals surface area (Å²) in [4.78, 5) is -0.0666. The maximum atomic E-state index is 10.5. The predicted octanol–water partition coefficient (Wildman–Crippen LogP) is 1.52. The molecular weight excluding hydrogens is 246 g/mol. The van der Waals surface area contributed by atoms with Crippen LogP contribution in [0.3, 0.4) is 0 Å². The van der Waals surface area contributed by atoms with Crippen LogP contribution < -0.4 is 5.32 Å². The second-order valence-electron chi connectivity index (χ2n) is 3.34. The Morgan fingerprint density at radius 3 is 2.25 bits per heavy atom. The number of nitrogens with one attached hydrogen (secondary N) is 1. The molecule has 4 nitrogen and oxygen atoms in total. The zero-order chi connectivity index (χ0) is 12.0.